The van der Waals surface area contributed by atoms with Crippen LogP contribution in [0.15, 0.2) is 0 Å². The highest BCUT2D eigenvalue weighted by Crippen LogP contribution is 2.20. The molecule has 0 radical (unpaired) electrons. The summed E-state index contributed by atoms with van der Waals surface area (Å²) < 4.78 is 17.1. The van der Waals surface area contributed by atoms with Crippen LogP contribution in [0.3, 0.4) is 0 Å². The van der Waals surface area contributed by atoms with Crippen LogP contribution in [0.1, 0.15) is 451 Å². The number of hydrogen-bond acceptors (Lipinski definition) is 6. The first kappa shape index (κ1) is 80.4. The van der Waals surface area contributed by atoms with Gasteiger partial charge in [0.25, 0.3) is 0 Å². The van der Waals surface area contributed by atoms with E-state index in [1.54, 1.807) is 0 Å². The molecule has 0 aromatic heterocycles. The van der Waals surface area contributed by atoms with Crippen molar-refractivity contribution < 1.29 is 28.6 Å². The molecule has 0 fully saturated rings. The quantitative estimate of drug-likeness (QED) is 0.0343. The third-order valence-corrected chi connectivity index (χ3v) is 17.9. The number of rotatable bonds is 72. The van der Waals surface area contributed by atoms with E-state index < -0.39 is 6.10 Å². The Hall–Kier alpha value is -1.59. The lowest BCUT2D eigenvalue weighted by atomic mass is 10.0. The van der Waals surface area contributed by atoms with Crippen molar-refractivity contribution in [1.29, 1.82) is 0 Å². The molecule has 0 aromatic rings. The minimum Gasteiger partial charge on any atom is -0.462 e. The summed E-state index contributed by atoms with van der Waals surface area (Å²) in [4.78, 5) is 38.6. The molecule has 6 heteroatoms. The lowest BCUT2D eigenvalue weighted by molar-refractivity contribution is -0.167. The summed E-state index contributed by atoms with van der Waals surface area (Å²) in [6.45, 7) is 6.76. The Bertz CT molecular complexity index is 1240. The molecule has 1 unspecified atom stereocenters. The van der Waals surface area contributed by atoms with E-state index in [1.807, 2.05) is 0 Å². The molecule has 0 heterocycles. The maximum Gasteiger partial charge on any atom is 0.306 e. The van der Waals surface area contributed by atoms with Crippen LogP contribution < -0.4 is 0 Å². The zero-order valence-electron chi connectivity index (χ0n) is 56.3. The second-order valence-electron chi connectivity index (χ2n) is 26.3. The number of esters is 3. The Labute approximate surface area is 514 Å². The summed E-state index contributed by atoms with van der Waals surface area (Å²) in [6.07, 6.45) is 85.7. The van der Waals surface area contributed by atoms with Crippen molar-refractivity contribution in [3.63, 3.8) is 0 Å². The Morgan fingerprint density at radius 1 is 0.195 bits per heavy atom. The molecule has 488 valence electrons. The van der Waals surface area contributed by atoms with Gasteiger partial charge in [0.15, 0.2) is 6.10 Å². The van der Waals surface area contributed by atoms with E-state index in [2.05, 4.69) is 20.8 Å². The Morgan fingerprint density at radius 2 is 0.329 bits per heavy atom. The van der Waals surface area contributed by atoms with Gasteiger partial charge in [-0.15, -0.1) is 0 Å². The van der Waals surface area contributed by atoms with Gasteiger partial charge in [-0.05, 0) is 19.3 Å². The summed E-state index contributed by atoms with van der Waals surface area (Å²) >= 11 is 0. The first-order valence-corrected chi connectivity index (χ1v) is 38.0. The van der Waals surface area contributed by atoms with Gasteiger partial charge in [0.2, 0.25) is 0 Å². The van der Waals surface area contributed by atoms with Crippen molar-refractivity contribution in [2.45, 2.75) is 457 Å². The second-order valence-corrected chi connectivity index (χ2v) is 26.3. The van der Waals surface area contributed by atoms with E-state index >= 15 is 0 Å². The van der Waals surface area contributed by atoms with Gasteiger partial charge >= 0.3 is 17.9 Å². The maximum atomic E-state index is 13.0. The van der Waals surface area contributed by atoms with Crippen molar-refractivity contribution in [3.8, 4) is 0 Å². The molecular formula is C76H148O6. The predicted octanol–water partition coefficient (Wildman–Crippen LogP) is 26.2. The number of ether oxygens (including phenoxy) is 3. The fourth-order valence-electron chi connectivity index (χ4n) is 12.2. The molecule has 82 heavy (non-hydrogen) atoms. The van der Waals surface area contributed by atoms with E-state index in [0.29, 0.717) is 19.3 Å². The third-order valence-electron chi connectivity index (χ3n) is 17.9. The number of carbonyl (C=O) groups is 3. The molecule has 1 atom stereocenters. The zero-order valence-corrected chi connectivity index (χ0v) is 56.3. The van der Waals surface area contributed by atoms with E-state index in [-0.39, 0.29) is 31.1 Å². The molecule has 0 aliphatic carbocycles. The van der Waals surface area contributed by atoms with Gasteiger partial charge in [0.1, 0.15) is 13.2 Å². The number of hydrogen-bond donors (Lipinski definition) is 0. The first-order chi connectivity index (χ1) is 40.5. The fraction of sp³-hybridized carbons (Fsp3) is 0.961. The van der Waals surface area contributed by atoms with Gasteiger partial charge < -0.3 is 14.2 Å². The molecule has 0 bridgehead atoms. The lowest BCUT2D eigenvalue weighted by Gasteiger charge is -2.18. The largest absolute Gasteiger partial charge is 0.462 e. The fourth-order valence-corrected chi connectivity index (χ4v) is 12.2. The van der Waals surface area contributed by atoms with Crippen molar-refractivity contribution >= 4 is 17.9 Å². The average Bonchev–Trinajstić information content (AvgIpc) is 3.47. The summed E-state index contributed by atoms with van der Waals surface area (Å²) in [7, 11) is 0. The Morgan fingerprint density at radius 3 is 0.488 bits per heavy atom. The molecule has 0 N–H and O–H groups in total. The minimum atomic E-state index is -0.764. The van der Waals surface area contributed by atoms with Crippen LogP contribution in [-0.2, 0) is 28.6 Å². The standard InChI is InChI=1S/C76H148O6/c1-4-7-10-13-16-19-22-25-28-31-34-36-38-40-42-45-48-51-54-57-60-63-66-69-75(78)81-72-73(71-80-74(77)68-65-62-59-56-53-50-47-44-33-30-27-24-21-18-15-12-9-6-3)82-76(79)70-67-64-61-58-55-52-49-46-43-41-39-37-35-32-29-26-23-20-17-14-11-8-5-2/h73H,4-72H2,1-3H3. The molecule has 0 amide bonds. The number of unbranched alkanes of at least 4 members (excludes halogenated alkanes) is 61. The summed E-state index contributed by atoms with van der Waals surface area (Å²) in [5.41, 5.74) is 0. The van der Waals surface area contributed by atoms with Crippen molar-refractivity contribution in [2.75, 3.05) is 13.2 Å². The second kappa shape index (κ2) is 71.9. The molecule has 0 aromatic carbocycles. The van der Waals surface area contributed by atoms with Gasteiger partial charge in [-0.25, -0.2) is 0 Å². The SMILES string of the molecule is CCCCCCCCCCCCCCCCCCCCCCCCCC(=O)OCC(COC(=O)CCCCCCCCCCCCCCCCCCCC)OC(=O)CCCCCCCCCCCCCCCCCCCCCCCCC. The molecule has 0 aliphatic heterocycles. The topological polar surface area (TPSA) is 78.9 Å². The average molecular weight is 1160 g/mol. The number of carbonyl (C=O) groups excluding carboxylic acids is 3. The molecule has 0 spiro atoms. The minimum absolute atomic E-state index is 0.0597. The monoisotopic (exact) mass is 1160 g/mol. The van der Waals surface area contributed by atoms with Gasteiger partial charge in [-0.2, -0.15) is 0 Å². The molecule has 0 saturated carbocycles. The van der Waals surface area contributed by atoms with Crippen LogP contribution >= 0.6 is 0 Å². The highest BCUT2D eigenvalue weighted by atomic mass is 16.6. The Kier molecular flexibility index (Phi) is 70.5. The van der Waals surface area contributed by atoms with Crippen LogP contribution in [-0.4, -0.2) is 37.2 Å². The molecule has 0 rings (SSSR count). The van der Waals surface area contributed by atoms with Crippen LogP contribution in [0, 0.1) is 0 Å². The van der Waals surface area contributed by atoms with E-state index in [9.17, 15) is 14.4 Å². The van der Waals surface area contributed by atoms with E-state index in [4.69, 9.17) is 14.2 Å². The first-order valence-electron chi connectivity index (χ1n) is 38.0. The van der Waals surface area contributed by atoms with Crippen molar-refractivity contribution in [2.24, 2.45) is 0 Å². The van der Waals surface area contributed by atoms with Crippen LogP contribution in [0.4, 0.5) is 0 Å². The van der Waals surface area contributed by atoms with Gasteiger partial charge in [-0.1, -0.05) is 412 Å². The Balaban J connectivity index is 4.25. The van der Waals surface area contributed by atoms with Crippen molar-refractivity contribution in [1.82, 2.24) is 0 Å². The van der Waals surface area contributed by atoms with Crippen LogP contribution in [0.5, 0.6) is 0 Å². The van der Waals surface area contributed by atoms with E-state index in [0.717, 1.165) is 57.8 Å². The van der Waals surface area contributed by atoms with Gasteiger partial charge in [0.05, 0.1) is 0 Å². The zero-order chi connectivity index (χ0) is 59.2. The van der Waals surface area contributed by atoms with Crippen LogP contribution in [0.25, 0.3) is 0 Å². The maximum absolute atomic E-state index is 13.0. The molecular weight excluding hydrogens is 1010 g/mol. The summed E-state index contributed by atoms with van der Waals surface area (Å²) in [5, 5.41) is 0. The predicted molar refractivity (Wildman–Crippen MR) is 358 cm³/mol. The molecule has 0 saturated heterocycles. The molecule has 0 aliphatic rings. The normalized spacial score (nSPS) is 11.9. The third kappa shape index (κ3) is 69.2. The summed E-state index contributed by atoms with van der Waals surface area (Å²) in [6, 6.07) is 0. The highest BCUT2D eigenvalue weighted by Gasteiger charge is 2.20. The van der Waals surface area contributed by atoms with Gasteiger partial charge in [0, 0.05) is 19.3 Å². The van der Waals surface area contributed by atoms with Crippen LogP contribution in [0.2, 0.25) is 0 Å². The summed E-state index contributed by atoms with van der Waals surface area (Å²) in [5.74, 6) is -0.813. The van der Waals surface area contributed by atoms with Crippen molar-refractivity contribution in [3.05, 3.63) is 0 Å². The smallest absolute Gasteiger partial charge is 0.306 e. The lowest BCUT2D eigenvalue weighted by Crippen LogP contribution is -2.30. The molecule has 6 nitrogen and oxygen atoms in total. The highest BCUT2D eigenvalue weighted by molar-refractivity contribution is 5.71. The van der Waals surface area contributed by atoms with E-state index in [1.165, 1.54) is 353 Å². The van der Waals surface area contributed by atoms with Gasteiger partial charge in [-0.3, -0.25) is 14.4 Å².